The Morgan fingerprint density at radius 2 is 1.73 bits per heavy atom. The molecule has 0 bridgehead atoms. The Labute approximate surface area is 176 Å². The van der Waals surface area contributed by atoms with Crippen LogP contribution in [0.1, 0.15) is 27.2 Å². The first-order chi connectivity index (χ1) is 14.5. The van der Waals surface area contributed by atoms with Gasteiger partial charge in [-0.15, -0.1) is 0 Å². The van der Waals surface area contributed by atoms with E-state index in [2.05, 4.69) is 41.2 Å². The number of fused-ring (bicyclic) bond motifs is 1. The van der Waals surface area contributed by atoms with E-state index in [1.807, 2.05) is 41.3 Å². The highest BCUT2D eigenvalue weighted by Gasteiger charge is 2.24. The van der Waals surface area contributed by atoms with Crippen molar-refractivity contribution in [3.63, 3.8) is 0 Å². The van der Waals surface area contributed by atoms with Gasteiger partial charge >= 0.3 is 0 Å². The Balaban J connectivity index is 1.29. The second kappa shape index (κ2) is 8.71. The van der Waals surface area contributed by atoms with Gasteiger partial charge in [0.2, 0.25) is 5.91 Å². The van der Waals surface area contributed by atoms with Crippen LogP contribution in [0, 0.1) is 13.8 Å². The van der Waals surface area contributed by atoms with Crippen LogP contribution in [-0.4, -0.2) is 59.3 Å². The van der Waals surface area contributed by atoms with Crippen molar-refractivity contribution in [1.29, 1.82) is 0 Å². The number of hydrogen-bond donors (Lipinski definition) is 2. The van der Waals surface area contributed by atoms with Crippen LogP contribution in [0.5, 0.6) is 0 Å². The van der Waals surface area contributed by atoms with Gasteiger partial charge in [0.05, 0.1) is 6.54 Å². The van der Waals surface area contributed by atoms with E-state index in [1.165, 1.54) is 11.1 Å². The number of nitrogens with one attached hydrogen (secondary N) is 2. The smallest absolute Gasteiger partial charge is 0.270 e. The number of rotatable bonds is 5. The van der Waals surface area contributed by atoms with Crippen molar-refractivity contribution in [2.24, 2.45) is 0 Å². The molecular weight excluding hydrogens is 376 g/mol. The van der Waals surface area contributed by atoms with Crippen molar-refractivity contribution < 1.29 is 9.59 Å². The van der Waals surface area contributed by atoms with Crippen LogP contribution in [0.15, 0.2) is 48.5 Å². The van der Waals surface area contributed by atoms with E-state index in [9.17, 15) is 9.59 Å². The highest BCUT2D eigenvalue weighted by atomic mass is 16.2. The molecule has 1 aliphatic heterocycles. The van der Waals surface area contributed by atoms with Crippen LogP contribution < -0.4 is 5.32 Å². The van der Waals surface area contributed by atoms with Crippen LogP contribution in [0.4, 0.5) is 0 Å². The lowest BCUT2D eigenvalue weighted by molar-refractivity contribution is -0.122. The largest absolute Gasteiger partial charge is 0.351 e. The van der Waals surface area contributed by atoms with Gasteiger partial charge in [-0.25, -0.2) is 0 Å². The molecule has 0 saturated carbocycles. The minimum atomic E-state index is 0.0140. The molecule has 2 heterocycles. The third kappa shape index (κ3) is 4.54. The first kappa shape index (κ1) is 20.2. The van der Waals surface area contributed by atoms with Gasteiger partial charge in [0.1, 0.15) is 5.69 Å². The highest BCUT2D eigenvalue weighted by molar-refractivity contribution is 5.99. The van der Waals surface area contributed by atoms with E-state index in [0.29, 0.717) is 45.0 Å². The molecule has 1 aromatic heterocycles. The summed E-state index contributed by atoms with van der Waals surface area (Å²) in [7, 11) is 0. The molecular formula is C24H28N4O2. The van der Waals surface area contributed by atoms with Gasteiger partial charge in [-0.1, -0.05) is 36.4 Å². The van der Waals surface area contributed by atoms with Crippen LogP contribution in [0.2, 0.25) is 0 Å². The number of benzene rings is 2. The SMILES string of the molecule is Cc1cc(C)c2cc(C(=O)N3CCN(CC(=O)NCc4ccccc4)CC3)[nH]c2c1. The predicted octanol–water partition coefficient (Wildman–Crippen LogP) is 2.86. The molecule has 0 spiro atoms. The molecule has 0 unspecified atom stereocenters. The van der Waals surface area contributed by atoms with Gasteiger partial charge in [-0.05, 0) is 42.7 Å². The molecule has 2 aromatic carbocycles. The molecule has 156 valence electrons. The zero-order chi connectivity index (χ0) is 21.1. The number of nitrogens with zero attached hydrogens (tertiary/aromatic N) is 2. The molecule has 0 atom stereocenters. The van der Waals surface area contributed by atoms with Crippen molar-refractivity contribution in [1.82, 2.24) is 20.1 Å². The van der Waals surface area contributed by atoms with E-state index >= 15 is 0 Å². The van der Waals surface area contributed by atoms with Gasteiger partial charge in [0.25, 0.3) is 5.91 Å². The first-order valence-corrected chi connectivity index (χ1v) is 10.4. The number of carbonyl (C=O) groups excluding carboxylic acids is 2. The standard InChI is InChI=1S/C24H28N4O2/c1-17-12-18(2)20-14-22(26-21(20)13-17)24(30)28-10-8-27(9-11-28)16-23(29)25-15-19-6-4-3-5-7-19/h3-7,12-14,26H,8-11,15-16H2,1-2H3,(H,25,29). The number of amides is 2. The highest BCUT2D eigenvalue weighted by Crippen LogP contribution is 2.22. The fraction of sp³-hybridized carbons (Fsp3) is 0.333. The average Bonchev–Trinajstić information content (AvgIpc) is 3.17. The number of hydrogen-bond acceptors (Lipinski definition) is 3. The lowest BCUT2D eigenvalue weighted by Gasteiger charge is -2.34. The van der Waals surface area contributed by atoms with Crippen LogP contribution in [0.3, 0.4) is 0 Å². The minimum absolute atomic E-state index is 0.0140. The predicted molar refractivity (Wildman–Crippen MR) is 118 cm³/mol. The molecule has 2 N–H and O–H groups in total. The summed E-state index contributed by atoms with van der Waals surface area (Å²) in [5, 5.41) is 4.06. The molecule has 1 aliphatic rings. The number of piperazine rings is 1. The van der Waals surface area contributed by atoms with E-state index in [0.717, 1.165) is 16.5 Å². The third-order valence-electron chi connectivity index (χ3n) is 5.68. The number of carbonyl (C=O) groups is 2. The quantitative estimate of drug-likeness (QED) is 0.687. The minimum Gasteiger partial charge on any atom is -0.351 e. The lowest BCUT2D eigenvalue weighted by Crippen LogP contribution is -2.51. The molecule has 6 nitrogen and oxygen atoms in total. The van der Waals surface area contributed by atoms with Crippen LogP contribution >= 0.6 is 0 Å². The van der Waals surface area contributed by atoms with Gasteiger partial charge in [0.15, 0.2) is 0 Å². The molecule has 1 saturated heterocycles. The summed E-state index contributed by atoms with van der Waals surface area (Å²) in [6, 6.07) is 16.0. The van der Waals surface area contributed by atoms with Crippen molar-refractivity contribution in [2.75, 3.05) is 32.7 Å². The van der Waals surface area contributed by atoms with E-state index in [4.69, 9.17) is 0 Å². The third-order valence-corrected chi connectivity index (χ3v) is 5.68. The maximum atomic E-state index is 13.0. The Hall–Kier alpha value is -3.12. The van der Waals surface area contributed by atoms with Gasteiger partial charge in [-0.3, -0.25) is 14.5 Å². The van der Waals surface area contributed by atoms with E-state index < -0.39 is 0 Å². The number of aromatic nitrogens is 1. The van der Waals surface area contributed by atoms with Gasteiger partial charge in [0, 0.05) is 43.6 Å². The Kier molecular flexibility index (Phi) is 5.86. The maximum absolute atomic E-state index is 13.0. The second-order valence-electron chi connectivity index (χ2n) is 8.06. The lowest BCUT2D eigenvalue weighted by atomic mass is 10.1. The maximum Gasteiger partial charge on any atom is 0.270 e. The Morgan fingerprint density at radius 1 is 1.00 bits per heavy atom. The van der Waals surface area contributed by atoms with Crippen LogP contribution in [0.25, 0.3) is 10.9 Å². The van der Waals surface area contributed by atoms with Crippen molar-refractivity contribution in [2.45, 2.75) is 20.4 Å². The zero-order valence-corrected chi connectivity index (χ0v) is 17.6. The molecule has 1 fully saturated rings. The summed E-state index contributed by atoms with van der Waals surface area (Å²) in [5.74, 6) is 0.0384. The summed E-state index contributed by atoms with van der Waals surface area (Å²) in [4.78, 5) is 32.4. The average molecular weight is 405 g/mol. The molecule has 30 heavy (non-hydrogen) atoms. The van der Waals surface area contributed by atoms with Crippen molar-refractivity contribution in [3.05, 3.63) is 70.9 Å². The summed E-state index contributed by atoms with van der Waals surface area (Å²) < 4.78 is 0. The molecule has 4 rings (SSSR count). The second-order valence-corrected chi connectivity index (χ2v) is 8.06. The molecule has 3 aromatic rings. The Bertz CT molecular complexity index is 1050. The summed E-state index contributed by atoms with van der Waals surface area (Å²) in [6.45, 7) is 7.67. The topological polar surface area (TPSA) is 68.4 Å². The number of aromatic amines is 1. The van der Waals surface area contributed by atoms with Crippen LogP contribution in [-0.2, 0) is 11.3 Å². The Morgan fingerprint density at radius 3 is 2.47 bits per heavy atom. The van der Waals surface area contributed by atoms with Gasteiger partial charge in [-0.2, -0.15) is 0 Å². The molecule has 6 heteroatoms. The van der Waals surface area contributed by atoms with Crippen molar-refractivity contribution in [3.8, 4) is 0 Å². The summed E-state index contributed by atoms with van der Waals surface area (Å²) in [5.41, 5.74) is 5.08. The number of aryl methyl sites for hydroxylation is 2. The van der Waals surface area contributed by atoms with Crippen molar-refractivity contribution >= 4 is 22.7 Å². The first-order valence-electron chi connectivity index (χ1n) is 10.4. The monoisotopic (exact) mass is 404 g/mol. The molecule has 0 radical (unpaired) electrons. The van der Waals surface area contributed by atoms with E-state index in [-0.39, 0.29) is 11.8 Å². The fourth-order valence-electron chi connectivity index (χ4n) is 4.05. The summed E-state index contributed by atoms with van der Waals surface area (Å²) >= 11 is 0. The summed E-state index contributed by atoms with van der Waals surface area (Å²) in [6.07, 6.45) is 0. The zero-order valence-electron chi connectivity index (χ0n) is 17.6. The van der Waals surface area contributed by atoms with E-state index in [1.54, 1.807) is 0 Å². The molecule has 0 aliphatic carbocycles. The fourth-order valence-corrected chi connectivity index (χ4v) is 4.05. The van der Waals surface area contributed by atoms with Gasteiger partial charge < -0.3 is 15.2 Å². The number of H-pyrrole nitrogens is 1. The molecule has 2 amide bonds. The normalized spacial score (nSPS) is 14.8.